The molecule has 1 amide bonds. The molecule has 1 N–H and O–H groups in total. The molecule has 2 aromatic rings. The lowest BCUT2D eigenvalue weighted by atomic mass is 9.95. The fourth-order valence-corrected chi connectivity index (χ4v) is 5.55. The normalized spacial score (nSPS) is 16.7. The van der Waals surface area contributed by atoms with Gasteiger partial charge in [0.2, 0.25) is 15.9 Å². The Labute approximate surface area is 192 Å². The van der Waals surface area contributed by atoms with Crippen LogP contribution < -0.4 is 10.1 Å². The van der Waals surface area contributed by atoms with Gasteiger partial charge in [-0.2, -0.15) is 4.31 Å². The number of carbonyl (C=O) groups excluding carboxylic acids is 1. The molecule has 2 aromatic carbocycles. The summed E-state index contributed by atoms with van der Waals surface area (Å²) in [7, 11) is -1.91. The largest absolute Gasteiger partial charge is 0.497 e. The van der Waals surface area contributed by atoms with Crippen LogP contribution in [0.5, 0.6) is 5.75 Å². The predicted octanol–water partition coefficient (Wildman–Crippen LogP) is 4.49. The number of carbonyl (C=O) groups is 1. The van der Waals surface area contributed by atoms with Crippen LogP contribution in [-0.2, 0) is 14.8 Å². The average molecular weight is 459 g/mol. The van der Waals surface area contributed by atoms with Crippen LogP contribution >= 0.6 is 0 Å². The van der Waals surface area contributed by atoms with Crippen molar-refractivity contribution in [3.05, 3.63) is 59.7 Å². The Hall–Kier alpha value is -2.38. The van der Waals surface area contributed by atoms with Crippen LogP contribution in [0.15, 0.2) is 53.4 Å². The van der Waals surface area contributed by atoms with Gasteiger partial charge in [0.05, 0.1) is 18.0 Å². The van der Waals surface area contributed by atoms with E-state index < -0.39 is 10.0 Å². The molecule has 6 nitrogen and oxygen atoms in total. The fourth-order valence-electron chi connectivity index (χ4n) is 4.08. The highest BCUT2D eigenvalue weighted by Crippen LogP contribution is 2.27. The zero-order valence-corrected chi connectivity index (χ0v) is 20.2. The zero-order valence-electron chi connectivity index (χ0n) is 19.4. The Morgan fingerprint density at radius 1 is 1.03 bits per heavy atom. The number of hydrogen-bond donors (Lipinski definition) is 1. The number of amides is 1. The van der Waals surface area contributed by atoms with E-state index in [4.69, 9.17) is 4.74 Å². The van der Waals surface area contributed by atoms with Gasteiger partial charge in [0.1, 0.15) is 5.75 Å². The number of hydrogen-bond acceptors (Lipinski definition) is 4. The van der Waals surface area contributed by atoms with Gasteiger partial charge in [-0.15, -0.1) is 0 Å². The second-order valence-corrected chi connectivity index (χ2v) is 10.6. The molecule has 174 valence electrons. The van der Waals surface area contributed by atoms with Gasteiger partial charge in [-0.25, -0.2) is 8.42 Å². The molecule has 1 unspecified atom stereocenters. The first-order chi connectivity index (χ1) is 15.3. The van der Waals surface area contributed by atoms with E-state index in [0.717, 1.165) is 23.3 Å². The van der Waals surface area contributed by atoms with Gasteiger partial charge in [0, 0.05) is 19.0 Å². The first-order valence-corrected chi connectivity index (χ1v) is 12.7. The standard InChI is InChI=1S/C25H34N2O4S/c1-5-24(20-6-10-22(31-4)11-7-20)26-25(28)21-14-16-27(17-15-21)32(29,30)23-12-8-19(9-13-23)18(2)3/h6-13,18,21,24H,5,14-17H2,1-4H3,(H,26,28). The van der Waals surface area contributed by atoms with E-state index in [0.29, 0.717) is 36.7 Å². The number of nitrogens with one attached hydrogen (secondary N) is 1. The molecule has 0 aliphatic carbocycles. The van der Waals surface area contributed by atoms with E-state index in [-0.39, 0.29) is 17.9 Å². The number of benzene rings is 2. The Kier molecular flexibility index (Phi) is 7.96. The Morgan fingerprint density at radius 2 is 1.59 bits per heavy atom. The Bertz CT molecular complexity index is 993. The first-order valence-electron chi connectivity index (χ1n) is 11.3. The summed E-state index contributed by atoms with van der Waals surface area (Å²) in [5.74, 6) is 0.941. The lowest BCUT2D eigenvalue weighted by Gasteiger charge is -2.31. The van der Waals surface area contributed by atoms with E-state index in [1.54, 1.807) is 19.2 Å². The van der Waals surface area contributed by atoms with Gasteiger partial charge in [0.25, 0.3) is 0 Å². The lowest BCUT2D eigenvalue weighted by Crippen LogP contribution is -2.43. The second-order valence-electron chi connectivity index (χ2n) is 8.64. The number of ether oxygens (including phenoxy) is 1. The van der Waals surface area contributed by atoms with Gasteiger partial charge in [-0.1, -0.05) is 45.0 Å². The van der Waals surface area contributed by atoms with Gasteiger partial charge in [0.15, 0.2) is 0 Å². The van der Waals surface area contributed by atoms with Crippen molar-refractivity contribution in [3.63, 3.8) is 0 Å². The van der Waals surface area contributed by atoms with Crippen LogP contribution in [0.1, 0.15) is 63.1 Å². The average Bonchev–Trinajstić information content (AvgIpc) is 2.82. The van der Waals surface area contributed by atoms with Crippen molar-refractivity contribution in [2.45, 2.75) is 56.9 Å². The topological polar surface area (TPSA) is 75.7 Å². The quantitative estimate of drug-likeness (QED) is 0.633. The molecular formula is C25H34N2O4S. The molecule has 1 aliphatic heterocycles. The summed E-state index contributed by atoms with van der Waals surface area (Å²) < 4.78 is 32.7. The molecule has 1 atom stereocenters. The van der Waals surface area contributed by atoms with Gasteiger partial charge in [-0.05, 0) is 60.6 Å². The highest BCUT2D eigenvalue weighted by molar-refractivity contribution is 7.89. The van der Waals surface area contributed by atoms with Gasteiger partial charge < -0.3 is 10.1 Å². The van der Waals surface area contributed by atoms with Crippen molar-refractivity contribution in [3.8, 4) is 5.75 Å². The molecule has 1 aliphatic rings. The van der Waals surface area contributed by atoms with E-state index >= 15 is 0 Å². The Morgan fingerprint density at radius 3 is 2.09 bits per heavy atom. The molecule has 1 saturated heterocycles. The summed E-state index contributed by atoms with van der Waals surface area (Å²) in [6.45, 7) is 6.90. The maximum absolute atomic E-state index is 13.0. The number of nitrogens with zero attached hydrogens (tertiary/aromatic N) is 1. The minimum absolute atomic E-state index is 0.00833. The fraction of sp³-hybridized carbons (Fsp3) is 0.480. The van der Waals surface area contributed by atoms with Gasteiger partial charge >= 0.3 is 0 Å². The van der Waals surface area contributed by atoms with Crippen molar-refractivity contribution in [1.82, 2.24) is 9.62 Å². The number of piperidine rings is 1. The molecule has 7 heteroatoms. The molecule has 0 bridgehead atoms. The summed E-state index contributed by atoms with van der Waals surface area (Å²) in [4.78, 5) is 13.2. The third-order valence-corrected chi connectivity index (χ3v) is 8.17. The van der Waals surface area contributed by atoms with Crippen LogP contribution in [-0.4, -0.2) is 38.8 Å². The van der Waals surface area contributed by atoms with Crippen molar-refractivity contribution in [2.75, 3.05) is 20.2 Å². The molecule has 0 aromatic heterocycles. The van der Waals surface area contributed by atoms with E-state index in [1.165, 1.54) is 4.31 Å². The van der Waals surface area contributed by atoms with E-state index in [9.17, 15) is 13.2 Å². The third-order valence-electron chi connectivity index (χ3n) is 6.25. The lowest BCUT2D eigenvalue weighted by molar-refractivity contribution is -0.126. The number of sulfonamides is 1. The number of rotatable bonds is 8. The summed E-state index contributed by atoms with van der Waals surface area (Å²) in [6, 6.07) is 14.8. The number of methoxy groups -OCH3 is 1. The minimum Gasteiger partial charge on any atom is -0.497 e. The van der Waals surface area contributed by atoms with Crippen molar-refractivity contribution >= 4 is 15.9 Å². The van der Waals surface area contributed by atoms with E-state index in [1.807, 2.05) is 43.3 Å². The van der Waals surface area contributed by atoms with Crippen molar-refractivity contribution in [1.29, 1.82) is 0 Å². The molecule has 0 radical (unpaired) electrons. The smallest absolute Gasteiger partial charge is 0.243 e. The molecule has 0 saturated carbocycles. The van der Waals surface area contributed by atoms with Crippen molar-refractivity contribution < 1.29 is 17.9 Å². The van der Waals surface area contributed by atoms with Crippen molar-refractivity contribution in [2.24, 2.45) is 5.92 Å². The first kappa shape index (κ1) is 24.3. The van der Waals surface area contributed by atoms with E-state index in [2.05, 4.69) is 19.2 Å². The molecule has 1 fully saturated rings. The predicted molar refractivity (Wildman–Crippen MR) is 126 cm³/mol. The monoisotopic (exact) mass is 458 g/mol. The van der Waals surface area contributed by atoms with Crippen LogP contribution in [0, 0.1) is 5.92 Å². The van der Waals surface area contributed by atoms with Crippen LogP contribution in [0.2, 0.25) is 0 Å². The third kappa shape index (κ3) is 5.51. The van der Waals surface area contributed by atoms with Gasteiger partial charge in [-0.3, -0.25) is 4.79 Å². The SMILES string of the molecule is CCC(NC(=O)C1CCN(S(=O)(=O)c2ccc(C(C)C)cc2)CC1)c1ccc(OC)cc1. The maximum Gasteiger partial charge on any atom is 0.243 e. The summed E-state index contributed by atoms with van der Waals surface area (Å²) in [6.07, 6.45) is 1.82. The summed E-state index contributed by atoms with van der Waals surface area (Å²) in [5, 5.41) is 3.14. The zero-order chi connectivity index (χ0) is 23.3. The minimum atomic E-state index is -3.54. The Balaban J connectivity index is 1.59. The molecule has 32 heavy (non-hydrogen) atoms. The van der Waals surface area contributed by atoms with Crippen LogP contribution in [0.25, 0.3) is 0 Å². The highest BCUT2D eigenvalue weighted by Gasteiger charge is 2.32. The molecule has 3 rings (SSSR count). The molecule has 0 spiro atoms. The summed E-state index contributed by atoms with van der Waals surface area (Å²) >= 11 is 0. The molecule has 1 heterocycles. The van der Waals surface area contributed by atoms with Crippen LogP contribution in [0.3, 0.4) is 0 Å². The summed E-state index contributed by atoms with van der Waals surface area (Å²) in [5.41, 5.74) is 2.15. The van der Waals surface area contributed by atoms with Crippen LogP contribution in [0.4, 0.5) is 0 Å². The highest BCUT2D eigenvalue weighted by atomic mass is 32.2. The maximum atomic E-state index is 13.0. The molecular weight excluding hydrogens is 424 g/mol. The second kappa shape index (κ2) is 10.5.